The van der Waals surface area contributed by atoms with Gasteiger partial charge < -0.3 is 9.80 Å². The van der Waals surface area contributed by atoms with Crippen LogP contribution in [0.5, 0.6) is 0 Å². The van der Waals surface area contributed by atoms with E-state index in [9.17, 15) is 0 Å². The Kier molecular flexibility index (Phi) is 6.89. The van der Waals surface area contributed by atoms with Crippen LogP contribution in [-0.2, 0) is 38.5 Å². The van der Waals surface area contributed by atoms with E-state index in [2.05, 4.69) is 122 Å². The van der Waals surface area contributed by atoms with Crippen molar-refractivity contribution in [2.45, 2.75) is 78.1 Å². The molecule has 0 bridgehead atoms. The molecule has 0 atom stereocenters. The minimum absolute atomic E-state index is 1.05. The number of fused-ring (bicyclic) bond motifs is 2. The fourth-order valence-electron chi connectivity index (χ4n) is 8.82. The third kappa shape index (κ3) is 4.75. The van der Waals surface area contributed by atoms with Crippen LogP contribution in [0, 0.1) is 13.8 Å². The van der Waals surface area contributed by atoms with Crippen molar-refractivity contribution in [2.75, 3.05) is 16.8 Å². The lowest BCUT2D eigenvalue weighted by molar-refractivity contribution is 0.685. The van der Waals surface area contributed by atoms with E-state index in [1.165, 1.54) is 140 Å². The second kappa shape index (κ2) is 11.3. The average Bonchev–Trinajstić information content (AvgIpc) is 3.12. The van der Waals surface area contributed by atoms with E-state index in [4.69, 9.17) is 0 Å². The molecule has 47 heavy (non-hydrogen) atoms. The van der Waals surface area contributed by atoms with Crippen molar-refractivity contribution in [1.82, 2.24) is 0 Å². The van der Waals surface area contributed by atoms with Gasteiger partial charge in [-0.3, -0.25) is 0 Å². The second-order valence-corrected chi connectivity index (χ2v) is 14.4. The van der Waals surface area contributed by atoms with Gasteiger partial charge >= 0.3 is 0 Å². The highest BCUT2D eigenvalue weighted by Gasteiger charge is 2.25. The Bertz CT molecular complexity index is 2210. The molecule has 0 N–H and O–H groups in total. The molecule has 2 nitrogen and oxygen atoms in total. The Labute approximate surface area is 279 Å². The lowest BCUT2D eigenvalue weighted by Gasteiger charge is -2.32. The van der Waals surface area contributed by atoms with Gasteiger partial charge in [-0.2, -0.15) is 0 Å². The monoisotopic (exact) mass is 612 g/mol. The van der Waals surface area contributed by atoms with Crippen molar-refractivity contribution >= 4 is 50.0 Å². The maximum Gasteiger partial charge on any atom is 0.0500 e. The van der Waals surface area contributed by atoms with Crippen molar-refractivity contribution in [3.63, 3.8) is 0 Å². The van der Waals surface area contributed by atoms with Crippen LogP contribution in [-0.4, -0.2) is 7.05 Å². The second-order valence-electron chi connectivity index (χ2n) is 14.4. The number of rotatable bonds is 5. The van der Waals surface area contributed by atoms with Crippen LogP contribution >= 0.6 is 0 Å². The highest BCUT2D eigenvalue weighted by atomic mass is 15.1. The van der Waals surface area contributed by atoms with Crippen LogP contribution in [0.4, 0.5) is 28.4 Å². The summed E-state index contributed by atoms with van der Waals surface area (Å²) in [5, 5.41) is 5.59. The number of aryl methyl sites for hydroxylation is 8. The Morgan fingerprint density at radius 2 is 1.04 bits per heavy atom. The van der Waals surface area contributed by atoms with Crippen molar-refractivity contribution in [3.8, 4) is 0 Å². The molecule has 0 fully saturated rings. The average molecular weight is 613 g/mol. The number of anilines is 5. The van der Waals surface area contributed by atoms with Crippen LogP contribution in [0.2, 0.25) is 0 Å². The van der Waals surface area contributed by atoms with Gasteiger partial charge in [-0.15, -0.1) is 0 Å². The summed E-state index contributed by atoms with van der Waals surface area (Å²) in [6.07, 6.45) is 12.1. The molecule has 0 amide bonds. The third-order valence-electron chi connectivity index (χ3n) is 11.6. The molecule has 0 aliphatic heterocycles. The minimum atomic E-state index is 1.05. The maximum atomic E-state index is 2.56. The quantitative estimate of drug-likeness (QED) is 0.179. The summed E-state index contributed by atoms with van der Waals surface area (Å²) in [4.78, 5) is 4.98. The highest BCUT2D eigenvalue weighted by Crippen LogP contribution is 2.47. The molecule has 2 heteroatoms. The van der Waals surface area contributed by atoms with Crippen molar-refractivity contribution in [1.29, 1.82) is 0 Å². The summed E-state index contributed by atoms with van der Waals surface area (Å²) < 4.78 is 0. The molecule has 234 valence electrons. The van der Waals surface area contributed by atoms with E-state index in [0.717, 1.165) is 12.8 Å². The Morgan fingerprint density at radius 3 is 1.79 bits per heavy atom. The first kappa shape index (κ1) is 28.6. The molecule has 0 unspecified atom stereocenters. The molecule has 0 spiro atoms. The van der Waals surface area contributed by atoms with Gasteiger partial charge in [0, 0.05) is 40.9 Å². The summed E-state index contributed by atoms with van der Waals surface area (Å²) >= 11 is 0. The van der Waals surface area contributed by atoms with Gasteiger partial charge in [0.25, 0.3) is 0 Å². The molecule has 0 heterocycles. The smallest absolute Gasteiger partial charge is 0.0500 e. The maximum absolute atomic E-state index is 2.56. The number of hydrogen-bond donors (Lipinski definition) is 0. The van der Waals surface area contributed by atoms with Crippen molar-refractivity contribution in [2.24, 2.45) is 0 Å². The predicted molar refractivity (Wildman–Crippen MR) is 201 cm³/mol. The van der Waals surface area contributed by atoms with Gasteiger partial charge in [0.1, 0.15) is 0 Å². The first-order valence-electron chi connectivity index (χ1n) is 17.9. The zero-order chi connectivity index (χ0) is 31.6. The topological polar surface area (TPSA) is 6.48 Å². The predicted octanol–water partition coefficient (Wildman–Crippen LogP) is 11.7. The third-order valence-corrected chi connectivity index (χ3v) is 11.6. The lowest BCUT2D eigenvalue weighted by atomic mass is 9.84. The normalized spacial score (nSPS) is 15.1. The van der Waals surface area contributed by atoms with E-state index in [-0.39, 0.29) is 0 Å². The van der Waals surface area contributed by atoms with Crippen LogP contribution < -0.4 is 9.80 Å². The fourth-order valence-corrected chi connectivity index (χ4v) is 8.82. The molecule has 0 radical (unpaired) electrons. The van der Waals surface area contributed by atoms with E-state index < -0.39 is 0 Å². The van der Waals surface area contributed by atoms with Crippen LogP contribution in [0.25, 0.3) is 21.5 Å². The summed E-state index contributed by atoms with van der Waals surface area (Å²) in [6, 6.07) is 35.7. The largest absolute Gasteiger partial charge is 0.344 e. The SMILES string of the molecule is Cc1ccc(N(c2ccc3c(c2)CCCC3)c2ccc3ccc4c(N(C)c5ccc6c(c5)CCCC6)ccc5c4c3c2CC5)cc1C. The number of benzene rings is 6. The summed E-state index contributed by atoms with van der Waals surface area (Å²) in [7, 11) is 2.25. The highest BCUT2D eigenvalue weighted by molar-refractivity contribution is 6.17. The van der Waals surface area contributed by atoms with Crippen LogP contribution in [0.1, 0.15) is 70.2 Å². The number of hydrogen-bond acceptors (Lipinski definition) is 2. The van der Waals surface area contributed by atoms with Gasteiger partial charge in [0.05, 0.1) is 0 Å². The zero-order valence-corrected chi connectivity index (χ0v) is 28.1. The molecule has 0 saturated heterocycles. The molecule has 9 rings (SSSR count). The minimum Gasteiger partial charge on any atom is -0.344 e. The fraction of sp³-hybridized carbons (Fsp3) is 0.289. The summed E-state index contributed by atoms with van der Waals surface area (Å²) in [6.45, 7) is 4.46. The Morgan fingerprint density at radius 1 is 0.447 bits per heavy atom. The van der Waals surface area contributed by atoms with E-state index in [0.29, 0.717) is 0 Å². The Hall–Kier alpha value is -4.56. The first-order chi connectivity index (χ1) is 23.0. The van der Waals surface area contributed by atoms with Gasteiger partial charge in [-0.05, 0) is 187 Å². The van der Waals surface area contributed by atoms with Gasteiger partial charge in [-0.25, -0.2) is 0 Å². The molecule has 0 aromatic heterocycles. The summed E-state index contributed by atoms with van der Waals surface area (Å²) in [5.74, 6) is 0. The van der Waals surface area contributed by atoms with E-state index >= 15 is 0 Å². The molecule has 6 aromatic carbocycles. The van der Waals surface area contributed by atoms with Crippen molar-refractivity contribution < 1.29 is 0 Å². The summed E-state index contributed by atoms with van der Waals surface area (Å²) in [5.41, 5.74) is 18.2. The van der Waals surface area contributed by atoms with Gasteiger partial charge in [0.15, 0.2) is 0 Å². The van der Waals surface area contributed by atoms with Crippen LogP contribution in [0.15, 0.2) is 91.0 Å². The molecule has 0 saturated carbocycles. The lowest BCUT2D eigenvalue weighted by Crippen LogP contribution is -2.16. The molecular formula is C45H44N2. The number of nitrogens with zero attached hydrogens (tertiary/aromatic N) is 2. The van der Waals surface area contributed by atoms with E-state index in [1.54, 1.807) is 5.56 Å². The Balaban J connectivity index is 1.24. The molecule has 6 aromatic rings. The van der Waals surface area contributed by atoms with Gasteiger partial charge in [-0.1, -0.05) is 42.5 Å². The standard InChI is InChI=1S/C45H44N2/c1-29-12-19-38(26-30(29)2)47(39-21-14-32-9-5-7-11-36(32)28-39)43-25-18-34-15-22-40-42(24-17-33-16-23-41(43)45(34)44(33)40)46(3)37-20-13-31-8-4-6-10-35(31)27-37/h12-15,17-22,24-28H,4-11,16,23H2,1-3H3. The molecular weight excluding hydrogens is 569 g/mol. The van der Waals surface area contributed by atoms with Crippen LogP contribution in [0.3, 0.4) is 0 Å². The molecule has 3 aliphatic carbocycles. The van der Waals surface area contributed by atoms with Gasteiger partial charge in [0.2, 0.25) is 0 Å². The molecule has 3 aliphatic rings. The van der Waals surface area contributed by atoms with E-state index in [1.807, 2.05) is 0 Å². The first-order valence-corrected chi connectivity index (χ1v) is 17.9. The zero-order valence-electron chi connectivity index (χ0n) is 28.1. The van der Waals surface area contributed by atoms with Crippen molar-refractivity contribution in [3.05, 3.63) is 136 Å².